The highest BCUT2D eigenvalue weighted by molar-refractivity contribution is 7.92. The van der Waals surface area contributed by atoms with Crippen LogP contribution in [0, 0.1) is 0 Å². The molecule has 4 aromatic carbocycles. The fourth-order valence-corrected chi connectivity index (χ4v) is 6.41. The second kappa shape index (κ2) is 15.3. The summed E-state index contributed by atoms with van der Waals surface area (Å²) < 4.78 is 35.0. The van der Waals surface area contributed by atoms with E-state index in [2.05, 4.69) is 5.32 Å². The number of hydrogen-bond acceptors (Lipinski definition) is 5. The number of hydrogen-bond donors (Lipinski definition) is 1. The first-order valence-corrected chi connectivity index (χ1v) is 16.6. The van der Waals surface area contributed by atoms with Crippen molar-refractivity contribution in [2.45, 2.75) is 50.7 Å². The zero-order valence-corrected chi connectivity index (χ0v) is 27.5. The quantitative estimate of drug-likeness (QED) is 0.161. The lowest BCUT2D eigenvalue weighted by molar-refractivity contribution is -0.139. The van der Waals surface area contributed by atoms with E-state index in [1.165, 1.54) is 17.0 Å². The Labute approximate surface area is 274 Å². The maximum absolute atomic E-state index is 14.2. The van der Waals surface area contributed by atoms with Crippen LogP contribution in [0.3, 0.4) is 0 Å². The van der Waals surface area contributed by atoms with Gasteiger partial charge in [0, 0.05) is 28.2 Å². The van der Waals surface area contributed by atoms with Crippen molar-refractivity contribution in [2.24, 2.45) is 0 Å². The molecule has 1 N–H and O–H groups in total. The molecule has 0 spiro atoms. The van der Waals surface area contributed by atoms with E-state index in [0.29, 0.717) is 33.5 Å². The number of nitrogens with zero attached hydrogens (tertiary/aromatic N) is 2. The molecule has 8 nitrogen and oxygen atoms in total. The SMILES string of the molecule is CC[C@@H](C)NC(=O)[C@H](C)N(Cc1c(Cl)cccc1Cl)C(=O)CN(c1ccc(Oc2ccccc2)cc1)S(=O)(=O)c1ccccc1. The van der Waals surface area contributed by atoms with Crippen LogP contribution in [0.25, 0.3) is 0 Å². The van der Waals surface area contributed by atoms with E-state index in [-0.39, 0.29) is 29.1 Å². The molecule has 0 saturated carbocycles. The largest absolute Gasteiger partial charge is 0.457 e. The topological polar surface area (TPSA) is 96.0 Å². The van der Waals surface area contributed by atoms with Crippen LogP contribution in [0.2, 0.25) is 10.0 Å². The van der Waals surface area contributed by atoms with Crippen molar-refractivity contribution < 1.29 is 22.7 Å². The second-order valence-corrected chi connectivity index (χ2v) is 13.1. The lowest BCUT2D eigenvalue weighted by Crippen LogP contribution is -2.52. The van der Waals surface area contributed by atoms with E-state index in [4.69, 9.17) is 27.9 Å². The fraction of sp³-hybridized carbons (Fsp3) is 0.235. The first-order valence-electron chi connectivity index (χ1n) is 14.4. The van der Waals surface area contributed by atoms with Gasteiger partial charge in [0.05, 0.1) is 10.6 Å². The van der Waals surface area contributed by atoms with Crippen LogP contribution in [0.4, 0.5) is 5.69 Å². The number of anilines is 1. The standard InChI is InChI=1S/C34H35Cl2N3O5S/c1-4-24(2)37-34(41)25(3)38(22-30-31(35)16-11-17-32(30)36)33(40)23-39(45(42,43)29-14-9-6-10-15-29)26-18-20-28(21-19-26)44-27-12-7-5-8-13-27/h5-21,24-25H,4,22-23H2,1-3H3,(H,37,41)/t24-,25+/m1/s1. The van der Waals surface area contributed by atoms with Crippen molar-refractivity contribution in [3.8, 4) is 11.5 Å². The lowest BCUT2D eigenvalue weighted by atomic mass is 10.1. The molecule has 0 saturated heterocycles. The van der Waals surface area contributed by atoms with Crippen molar-refractivity contribution in [3.05, 3.63) is 119 Å². The molecule has 0 fully saturated rings. The van der Waals surface area contributed by atoms with Crippen LogP contribution in [-0.2, 0) is 26.2 Å². The summed E-state index contributed by atoms with van der Waals surface area (Å²) in [6, 6.07) is 27.3. The van der Waals surface area contributed by atoms with Gasteiger partial charge in [0.1, 0.15) is 24.1 Å². The van der Waals surface area contributed by atoms with Gasteiger partial charge in [-0.25, -0.2) is 8.42 Å². The summed E-state index contributed by atoms with van der Waals surface area (Å²) in [7, 11) is -4.22. The first kappa shape index (κ1) is 33.8. The highest BCUT2D eigenvalue weighted by atomic mass is 35.5. The summed E-state index contributed by atoms with van der Waals surface area (Å²) in [5, 5.41) is 3.54. The summed E-state index contributed by atoms with van der Waals surface area (Å²) in [5.41, 5.74) is 0.678. The monoisotopic (exact) mass is 667 g/mol. The maximum Gasteiger partial charge on any atom is 0.264 e. The van der Waals surface area contributed by atoms with Gasteiger partial charge in [0.15, 0.2) is 0 Å². The van der Waals surface area contributed by atoms with Gasteiger partial charge in [-0.15, -0.1) is 0 Å². The van der Waals surface area contributed by atoms with Crippen LogP contribution >= 0.6 is 23.2 Å². The van der Waals surface area contributed by atoms with Gasteiger partial charge in [0.25, 0.3) is 10.0 Å². The molecule has 2 amide bonds. The van der Waals surface area contributed by atoms with E-state index in [0.717, 1.165) is 4.31 Å². The van der Waals surface area contributed by atoms with Gasteiger partial charge in [-0.1, -0.05) is 72.6 Å². The maximum atomic E-state index is 14.2. The minimum Gasteiger partial charge on any atom is -0.457 e. The van der Waals surface area contributed by atoms with Crippen molar-refractivity contribution in [3.63, 3.8) is 0 Å². The first-order chi connectivity index (χ1) is 21.5. The number of carbonyl (C=O) groups is 2. The number of sulfonamides is 1. The van der Waals surface area contributed by atoms with Crippen molar-refractivity contribution in [1.82, 2.24) is 10.2 Å². The minimum absolute atomic E-state index is 0.00525. The second-order valence-electron chi connectivity index (χ2n) is 10.4. The van der Waals surface area contributed by atoms with Gasteiger partial charge in [-0.05, 0) is 80.9 Å². The Hall–Kier alpha value is -4.05. The summed E-state index contributed by atoms with van der Waals surface area (Å²) in [5.74, 6) is 0.0917. The van der Waals surface area contributed by atoms with Crippen LogP contribution in [0.1, 0.15) is 32.8 Å². The molecule has 11 heteroatoms. The zero-order chi connectivity index (χ0) is 32.6. The van der Waals surface area contributed by atoms with Crippen molar-refractivity contribution in [2.75, 3.05) is 10.8 Å². The Balaban J connectivity index is 1.72. The highest BCUT2D eigenvalue weighted by Crippen LogP contribution is 2.30. The number of nitrogens with one attached hydrogen (secondary N) is 1. The third kappa shape index (κ3) is 8.57. The number of rotatable bonds is 13. The molecule has 0 aliphatic heterocycles. The lowest BCUT2D eigenvalue weighted by Gasteiger charge is -2.33. The highest BCUT2D eigenvalue weighted by Gasteiger charge is 2.33. The molecule has 0 aliphatic rings. The normalized spacial score (nSPS) is 12.6. The zero-order valence-electron chi connectivity index (χ0n) is 25.2. The molecule has 0 heterocycles. The van der Waals surface area contributed by atoms with E-state index in [9.17, 15) is 18.0 Å². The molecule has 236 valence electrons. The van der Waals surface area contributed by atoms with Crippen LogP contribution < -0.4 is 14.4 Å². The molecular formula is C34H35Cl2N3O5S. The van der Waals surface area contributed by atoms with Crippen LogP contribution in [0.5, 0.6) is 11.5 Å². The molecule has 4 rings (SSSR count). The fourth-order valence-electron chi connectivity index (χ4n) is 4.46. The molecule has 0 aromatic heterocycles. The van der Waals surface area contributed by atoms with Gasteiger partial charge in [-0.3, -0.25) is 13.9 Å². The van der Waals surface area contributed by atoms with E-state index in [1.807, 2.05) is 32.0 Å². The predicted molar refractivity (Wildman–Crippen MR) is 178 cm³/mol. The molecule has 45 heavy (non-hydrogen) atoms. The smallest absolute Gasteiger partial charge is 0.264 e. The number of halogens is 2. The number of ether oxygens (including phenoxy) is 1. The number of benzene rings is 4. The van der Waals surface area contributed by atoms with Crippen LogP contribution in [-0.4, -0.2) is 43.8 Å². The predicted octanol–water partition coefficient (Wildman–Crippen LogP) is 7.31. The Morgan fingerprint density at radius 3 is 1.93 bits per heavy atom. The van der Waals surface area contributed by atoms with Gasteiger partial charge in [-0.2, -0.15) is 0 Å². The molecule has 0 radical (unpaired) electrons. The Bertz CT molecular complexity index is 1690. The van der Waals surface area contributed by atoms with Gasteiger partial charge in [0.2, 0.25) is 11.8 Å². The summed E-state index contributed by atoms with van der Waals surface area (Å²) >= 11 is 12.9. The van der Waals surface area contributed by atoms with Gasteiger partial charge >= 0.3 is 0 Å². The summed E-state index contributed by atoms with van der Waals surface area (Å²) in [6.07, 6.45) is 0.690. The van der Waals surface area contributed by atoms with E-state index < -0.39 is 28.5 Å². The number of carbonyl (C=O) groups excluding carboxylic acids is 2. The van der Waals surface area contributed by atoms with Crippen LogP contribution in [0.15, 0.2) is 108 Å². The van der Waals surface area contributed by atoms with Gasteiger partial charge < -0.3 is 15.0 Å². The average Bonchev–Trinajstić information content (AvgIpc) is 3.04. The summed E-state index contributed by atoms with van der Waals surface area (Å²) in [6.45, 7) is 4.67. The summed E-state index contributed by atoms with van der Waals surface area (Å²) in [4.78, 5) is 28.7. The van der Waals surface area contributed by atoms with E-state index >= 15 is 0 Å². The minimum atomic E-state index is -4.22. The third-order valence-electron chi connectivity index (χ3n) is 7.27. The molecule has 2 atom stereocenters. The molecule has 0 aliphatic carbocycles. The van der Waals surface area contributed by atoms with Crippen molar-refractivity contribution in [1.29, 1.82) is 0 Å². The average molecular weight is 669 g/mol. The molecule has 4 aromatic rings. The number of para-hydroxylation sites is 1. The third-order valence-corrected chi connectivity index (χ3v) is 9.77. The molecule has 0 unspecified atom stereocenters. The Morgan fingerprint density at radius 2 is 1.36 bits per heavy atom. The number of amides is 2. The molecule has 0 bridgehead atoms. The van der Waals surface area contributed by atoms with Crippen molar-refractivity contribution >= 4 is 50.7 Å². The Kier molecular flexibility index (Phi) is 11.5. The van der Waals surface area contributed by atoms with E-state index in [1.54, 1.807) is 79.7 Å². The molecular weight excluding hydrogens is 633 g/mol. The Morgan fingerprint density at radius 1 is 0.800 bits per heavy atom.